The lowest BCUT2D eigenvalue weighted by molar-refractivity contribution is -0.113. The van der Waals surface area contributed by atoms with Gasteiger partial charge in [-0.15, -0.1) is 0 Å². The molecule has 36 nitrogen and oxygen atoms in total. The molecule has 0 unspecified atom stereocenters. The molecule has 4 aliphatic heterocycles. The number of aromatic nitrogens is 20. The number of pyridine rings is 4. The number of fused-ring (bicyclic) bond motifs is 4. The number of methoxy groups -OCH3 is 4. The van der Waals surface area contributed by atoms with Gasteiger partial charge in [0, 0.05) is 86.1 Å². The van der Waals surface area contributed by atoms with Gasteiger partial charge in [0.25, 0.3) is 23.6 Å². The number of carbonyl (C=O) groups excluding carboxylic acids is 4. The van der Waals surface area contributed by atoms with E-state index in [0.717, 1.165) is 79.6 Å². The standard InChI is InChI=1S/2C23H26ClN7O2.C19H17BrClN7O2.C19H17Cl2N7O2/c1-11-9-26-15(12(2)18(11)33-6)10-31-20-17(19(24)27-22(25)28-20)14(21(31)32)7-13-8-16(30-29-13)23(3,4)5;1-11(2)6-14-7-15(30-29-14)8-16-18-20(24)27-23(25)28-21(18)31(22(16)32)10-17-13(4)19(33-5)12(3)9-26-17;2*1-8-5-23-13(9(2)15(8)30-3)7-28-17-14(16(21)25-19(22)26-17)10(18(28)29)4-12-11(20)6-24-27-12/h7-9H,10H2,1-6H3,(H,29,30)(H2,25,27,28);7-9,11H,6,10H2,1-5H3,(H,29,30)(H2,25,27,28);2*4-6H,7H2,1-3H3,(H,24,27)(H2,22,25,26)/b14-7-;16-8-;2*10-4-. The van der Waals surface area contributed by atoms with Crippen molar-refractivity contribution in [2.24, 2.45) is 5.92 Å². The van der Waals surface area contributed by atoms with Crippen molar-refractivity contribution < 1.29 is 38.1 Å². The van der Waals surface area contributed by atoms with Gasteiger partial charge in [-0.3, -0.25) is 79.1 Å². The zero-order valence-corrected chi connectivity index (χ0v) is 76.7. The van der Waals surface area contributed by atoms with Crippen molar-refractivity contribution in [3.63, 3.8) is 0 Å². The Balaban J connectivity index is 0.000000144. The SMILES string of the molecule is COc1c(C)cnc(CN2C(=O)/C(=C\c3[nH]ncc3Br)c3c(Cl)nc(N)nc32)c1C.COc1c(C)cnc(CN2C(=O)/C(=C\c3[nH]ncc3Cl)c3c(Cl)nc(N)nc32)c1C.COc1c(C)cnc(CN2C(=O)/C(=C\c3cc(C(C)(C)C)[nH]n3)c3c(Cl)nc(N)nc32)c1C.COc1c(C)cnc(CN2C(=O)/C(=C\c3cc(CC(C)C)[nH]n3)c3c(Cl)nc(N)nc32)c1C. The van der Waals surface area contributed by atoms with Crippen molar-refractivity contribution in [3.05, 3.63) is 203 Å². The fourth-order valence-corrected chi connectivity index (χ4v) is 16.2. The normalized spacial score (nSPS) is 14.6. The van der Waals surface area contributed by atoms with Gasteiger partial charge in [-0.2, -0.15) is 40.3 Å². The summed E-state index contributed by atoms with van der Waals surface area (Å²) in [6, 6.07) is 3.83. The van der Waals surface area contributed by atoms with E-state index in [1.165, 1.54) is 25.8 Å². The summed E-state index contributed by atoms with van der Waals surface area (Å²) in [6.45, 7) is 26.4. The van der Waals surface area contributed by atoms with Crippen LogP contribution < -0.4 is 61.5 Å². The summed E-state index contributed by atoms with van der Waals surface area (Å²) in [5.41, 5.74) is 40.1. The first kappa shape index (κ1) is 90.7. The highest BCUT2D eigenvalue weighted by Crippen LogP contribution is 2.48. The molecule has 0 spiro atoms. The second-order valence-corrected chi connectivity index (χ2v) is 33.6. The lowest BCUT2D eigenvalue weighted by Gasteiger charge is -2.19. The van der Waals surface area contributed by atoms with E-state index in [1.807, 2.05) is 67.5 Å². The smallest absolute Gasteiger partial charge is 0.260 e. The van der Waals surface area contributed by atoms with Gasteiger partial charge in [0.1, 0.15) is 43.6 Å². The highest BCUT2D eigenvalue weighted by Gasteiger charge is 2.43. The first-order chi connectivity index (χ1) is 59.8. The summed E-state index contributed by atoms with van der Waals surface area (Å²) >= 11 is 35.1. The van der Waals surface area contributed by atoms with Crippen molar-refractivity contribution in [1.82, 2.24) is 101 Å². The van der Waals surface area contributed by atoms with Crippen LogP contribution in [0.5, 0.6) is 23.0 Å². The number of nitrogen functional groups attached to an aromatic ring is 4. The number of hydrogen-bond acceptors (Lipinski definition) is 28. The largest absolute Gasteiger partial charge is 0.496 e. The fraction of sp³-hybridized carbons (Fsp3) is 0.286. The van der Waals surface area contributed by atoms with Gasteiger partial charge in [0.2, 0.25) is 23.8 Å². The minimum atomic E-state index is -0.335. The molecule has 0 radical (unpaired) electrons. The third-order valence-electron chi connectivity index (χ3n) is 20.8. The van der Waals surface area contributed by atoms with E-state index in [2.05, 4.69) is 151 Å². The van der Waals surface area contributed by atoms with Crippen LogP contribution in [0.2, 0.25) is 25.6 Å². The average molecular weight is 1870 g/mol. The second-order valence-electron chi connectivity index (χ2n) is 30.9. The molecule has 0 aliphatic carbocycles. The molecule has 12 N–H and O–H groups in total. The summed E-state index contributed by atoms with van der Waals surface area (Å²) in [5, 5.41) is 28.9. The molecule has 16 heterocycles. The number of ether oxygens (including phenoxy) is 4. The van der Waals surface area contributed by atoms with Crippen LogP contribution in [-0.4, -0.2) is 153 Å². The highest BCUT2D eigenvalue weighted by molar-refractivity contribution is 9.10. The van der Waals surface area contributed by atoms with Crippen molar-refractivity contribution in [2.45, 2.75) is 128 Å². The summed E-state index contributed by atoms with van der Waals surface area (Å²) in [5.74, 6) is 3.43. The zero-order chi connectivity index (χ0) is 91.1. The van der Waals surface area contributed by atoms with E-state index in [0.29, 0.717) is 129 Å². The summed E-state index contributed by atoms with van der Waals surface area (Å²) in [6.07, 6.45) is 17.4. The van der Waals surface area contributed by atoms with Gasteiger partial charge < -0.3 is 41.9 Å². The number of aryl methyl sites for hydroxylation is 4. The number of rotatable bonds is 18. The Morgan fingerprint density at radius 1 is 0.421 bits per heavy atom. The second kappa shape index (κ2) is 37.0. The quantitative estimate of drug-likeness (QED) is 0.0292. The average Bonchev–Trinajstić information content (AvgIpc) is 1.62. The van der Waals surface area contributed by atoms with Gasteiger partial charge in [0.15, 0.2) is 23.3 Å². The van der Waals surface area contributed by atoms with Gasteiger partial charge in [-0.05, 0) is 120 Å². The van der Waals surface area contributed by atoms with Crippen molar-refractivity contribution in [2.75, 3.05) is 71.0 Å². The molecule has 0 bridgehead atoms. The predicted molar refractivity (Wildman–Crippen MR) is 487 cm³/mol. The first-order valence-electron chi connectivity index (χ1n) is 38.7. The van der Waals surface area contributed by atoms with Gasteiger partial charge >= 0.3 is 0 Å². The van der Waals surface area contributed by atoms with Crippen molar-refractivity contribution in [3.8, 4) is 23.0 Å². The molecule has 4 aliphatic rings. The van der Waals surface area contributed by atoms with Gasteiger partial charge in [-0.25, -0.2) is 19.9 Å². The minimum Gasteiger partial charge on any atom is -0.496 e. The van der Waals surface area contributed by atoms with E-state index in [4.69, 9.17) is 99.9 Å². The maximum absolute atomic E-state index is 13.6. The number of nitrogens with zero attached hydrogens (tertiary/aromatic N) is 20. The monoisotopic (exact) mass is 1870 g/mol. The lowest BCUT2D eigenvalue weighted by Crippen LogP contribution is -2.27. The van der Waals surface area contributed by atoms with Gasteiger partial charge in [-0.1, -0.05) is 92.6 Å². The Bertz CT molecular complexity index is 6320. The van der Waals surface area contributed by atoms with E-state index >= 15 is 0 Å². The Morgan fingerprint density at radius 3 is 1.01 bits per heavy atom. The molecule has 0 saturated carbocycles. The number of nitrogens with one attached hydrogen (secondary N) is 4. The summed E-state index contributed by atoms with van der Waals surface area (Å²) < 4.78 is 22.7. The first-order valence-corrected chi connectivity index (χ1v) is 41.4. The number of halogens is 6. The third kappa shape index (κ3) is 18.3. The number of anilines is 8. The minimum absolute atomic E-state index is 0.0112. The molecule has 16 rings (SSSR count). The number of amides is 4. The third-order valence-corrected chi connectivity index (χ3v) is 22.8. The van der Waals surface area contributed by atoms with E-state index in [1.54, 1.807) is 83.7 Å². The molecule has 0 saturated heterocycles. The van der Waals surface area contributed by atoms with Crippen LogP contribution >= 0.6 is 73.9 Å². The number of H-pyrrole nitrogens is 4. The maximum Gasteiger partial charge on any atom is 0.260 e. The van der Waals surface area contributed by atoms with E-state index in [-0.39, 0.29) is 105 Å². The molecule has 0 atom stereocenters. The van der Waals surface area contributed by atoms with Crippen LogP contribution in [0.1, 0.15) is 158 Å². The van der Waals surface area contributed by atoms with Crippen molar-refractivity contribution in [1.29, 1.82) is 0 Å². The number of nitrogens with two attached hydrogens (primary N) is 4. The van der Waals surface area contributed by atoms with Crippen molar-refractivity contribution >= 4 is 191 Å². The van der Waals surface area contributed by atoms with Crippen LogP contribution in [0.25, 0.3) is 46.6 Å². The molecular formula is C84H86BrCl5N28O8. The Morgan fingerprint density at radius 2 is 0.722 bits per heavy atom. The number of aromatic amines is 4. The molecule has 4 amide bonds. The molecule has 42 heteroatoms. The zero-order valence-electron chi connectivity index (χ0n) is 71.3. The molecule has 0 fully saturated rings. The molecule has 12 aromatic rings. The van der Waals surface area contributed by atoms with Crippen LogP contribution in [-0.2, 0) is 57.2 Å². The van der Waals surface area contributed by atoms with Crippen LogP contribution in [0.4, 0.5) is 47.1 Å². The molecular weight excluding hydrogens is 1790 g/mol. The van der Waals surface area contributed by atoms with Crippen LogP contribution in [0, 0.1) is 61.3 Å². The van der Waals surface area contributed by atoms with E-state index < -0.39 is 0 Å². The number of hydrogen-bond donors (Lipinski definition) is 8. The maximum atomic E-state index is 13.6. The molecule has 0 aromatic carbocycles. The summed E-state index contributed by atoms with van der Waals surface area (Å²) in [7, 11) is 6.42. The number of carbonyl (C=O) groups is 4. The molecule has 12 aromatic heterocycles. The Labute approximate surface area is 756 Å². The molecule has 126 heavy (non-hydrogen) atoms. The van der Waals surface area contributed by atoms with Crippen LogP contribution in [0.15, 0.2) is 53.8 Å². The topological polar surface area (TPSA) is 492 Å². The summed E-state index contributed by atoms with van der Waals surface area (Å²) in [4.78, 5) is 111. The van der Waals surface area contributed by atoms with Crippen LogP contribution in [0.3, 0.4) is 0 Å². The Kier molecular flexibility index (Phi) is 26.6. The van der Waals surface area contributed by atoms with Gasteiger partial charge in [0.05, 0.1) is 167 Å². The fourth-order valence-electron chi connectivity index (χ4n) is 14.6. The molecule has 652 valence electrons. The predicted octanol–water partition coefficient (Wildman–Crippen LogP) is 14.1. The van der Waals surface area contributed by atoms with E-state index in [9.17, 15) is 19.2 Å². The Hall–Kier alpha value is -13.1. The lowest BCUT2D eigenvalue weighted by atomic mass is 9.92. The highest BCUT2D eigenvalue weighted by atomic mass is 79.9.